The van der Waals surface area contributed by atoms with Gasteiger partial charge in [-0.25, -0.2) is 0 Å². The summed E-state index contributed by atoms with van der Waals surface area (Å²) in [7, 11) is 0. The highest BCUT2D eigenvalue weighted by Crippen LogP contribution is 2.78. The fourth-order valence-corrected chi connectivity index (χ4v) is 12.5. The summed E-state index contributed by atoms with van der Waals surface area (Å²) in [5, 5.41) is 12.0. The minimum absolute atomic E-state index is 0.148. The Kier molecular flexibility index (Phi) is 8.10. The Morgan fingerprint density at radius 3 is 1.56 bits per heavy atom. The largest absolute Gasteiger partial charge is 0.416 e. The van der Waals surface area contributed by atoms with Crippen molar-refractivity contribution >= 4 is 46.0 Å². The second-order valence-electron chi connectivity index (χ2n) is 15.8. The van der Waals surface area contributed by atoms with Gasteiger partial charge in [-0.2, -0.15) is 26.3 Å². The molecule has 0 spiro atoms. The number of fused-ring (bicyclic) bond motifs is 8. The molecule has 11 rings (SSSR count). The maximum absolute atomic E-state index is 16.3. The van der Waals surface area contributed by atoms with Gasteiger partial charge in [0.1, 0.15) is 0 Å². The lowest BCUT2D eigenvalue weighted by atomic mass is 9.68. The van der Waals surface area contributed by atoms with Gasteiger partial charge in [0.2, 0.25) is 11.8 Å². The van der Waals surface area contributed by atoms with E-state index in [1.807, 2.05) is 109 Å². The predicted octanol–water partition coefficient (Wildman–Crippen LogP) is 14.4. The van der Waals surface area contributed by atoms with E-state index in [1.54, 1.807) is 44.2 Å². The highest BCUT2D eigenvalue weighted by molar-refractivity contribution is 8.06. The smallest absolute Gasteiger partial charge is 0.380 e. The third-order valence-corrected chi connectivity index (χ3v) is 15.6. The first kappa shape index (κ1) is 38.0. The van der Waals surface area contributed by atoms with Crippen LogP contribution in [0.4, 0.5) is 37.7 Å². The minimum atomic E-state index is -5.68. The molecule has 7 aromatic rings. The lowest BCUT2D eigenvalue weighted by Gasteiger charge is -2.47. The number of thioether (sulfide) groups is 2. The van der Waals surface area contributed by atoms with Crippen LogP contribution in [-0.4, -0.2) is 37.5 Å². The number of nitrogens with one attached hydrogen (secondary N) is 1. The fourth-order valence-electron chi connectivity index (χ4n) is 9.21. The summed E-state index contributed by atoms with van der Waals surface area (Å²) >= 11 is 2.42. The number of aromatic nitrogens is 2. The number of para-hydroxylation sites is 1. The van der Waals surface area contributed by atoms with Crippen LogP contribution in [0.15, 0.2) is 171 Å². The van der Waals surface area contributed by atoms with Crippen LogP contribution in [-0.2, 0) is 0 Å². The summed E-state index contributed by atoms with van der Waals surface area (Å²) < 4.78 is 100. The van der Waals surface area contributed by atoms with Gasteiger partial charge in [-0.15, -0.1) is 33.7 Å². The Hall–Kier alpha value is -5.98. The number of benzene rings is 6. The number of hydrogen-bond donors (Lipinski definition) is 1. The molecule has 0 amide bonds. The molecule has 4 nitrogen and oxygen atoms in total. The molecule has 12 heteroatoms. The number of alkyl halides is 6. The second kappa shape index (κ2) is 13.0. The molecule has 61 heavy (non-hydrogen) atoms. The Bertz CT molecular complexity index is 3020. The summed E-state index contributed by atoms with van der Waals surface area (Å²) in [6, 6.07) is 44.8. The molecule has 3 heterocycles. The zero-order chi connectivity index (χ0) is 42.1. The first-order valence-corrected chi connectivity index (χ1v) is 21.1. The van der Waals surface area contributed by atoms with E-state index >= 15 is 26.3 Å². The first-order chi connectivity index (χ1) is 29.2. The van der Waals surface area contributed by atoms with Gasteiger partial charge in [0.05, 0.1) is 9.49 Å². The molecule has 2 aliphatic carbocycles. The van der Waals surface area contributed by atoms with Crippen LogP contribution in [0.5, 0.6) is 0 Å². The summed E-state index contributed by atoms with van der Waals surface area (Å²) in [5.41, 5.74) is 3.90. The summed E-state index contributed by atoms with van der Waals surface area (Å²) in [6.07, 6.45) is 0. The maximum atomic E-state index is 16.3. The van der Waals surface area contributed by atoms with Crippen LogP contribution >= 0.6 is 23.5 Å². The van der Waals surface area contributed by atoms with Crippen LogP contribution in [0.2, 0.25) is 0 Å². The Labute approximate surface area is 354 Å². The molecular weight excluding hydrogens is 825 g/mol. The number of hydrogen-bond acceptors (Lipinski definition) is 6. The average molecular weight is 856 g/mol. The molecule has 0 bridgehead atoms. The topological polar surface area (TPSA) is 51.0 Å². The molecule has 4 aliphatic rings. The lowest BCUT2D eigenvalue weighted by molar-refractivity contribution is -0.257. The van der Waals surface area contributed by atoms with Crippen LogP contribution in [0.3, 0.4) is 0 Å². The van der Waals surface area contributed by atoms with Crippen molar-refractivity contribution in [2.75, 3.05) is 5.32 Å². The maximum Gasteiger partial charge on any atom is 0.380 e. The summed E-state index contributed by atoms with van der Waals surface area (Å²) in [4.78, 5) is 0.956. The van der Waals surface area contributed by atoms with Crippen molar-refractivity contribution in [1.29, 1.82) is 0 Å². The standard InChI is InChI=1S/C49H31F6N3OS2/c1-45-39(34-23-21-31(25-37(34)60-45)44-58-57-43(59-44)30-19-17-28(18-20-30)27-11-5-3-6-12-27)41-42(48(52,53)49(54,55)47(41,50)51)40-35-24-22-32(26-38(35)61-46(40,45)2)56-36-16-10-9-15-33(36)29-13-7-4-8-14-29/h3-26,56H,1-2H3. The van der Waals surface area contributed by atoms with Gasteiger partial charge in [0.25, 0.3) is 0 Å². The molecule has 2 atom stereocenters. The highest BCUT2D eigenvalue weighted by Gasteiger charge is 2.85. The van der Waals surface area contributed by atoms with Crippen molar-refractivity contribution in [3.05, 3.63) is 168 Å². The SMILES string of the molecule is CC12Sc3cc(Nc4ccccc4-c4ccccc4)ccc3C1=C1C(=C3c4ccc(-c5nnc(-c6ccc(-c7ccccc7)cc6)o5)cc4SC32C)C(F)(F)C(F)(F)C1(F)F. The zero-order valence-corrected chi connectivity index (χ0v) is 33.9. The summed E-state index contributed by atoms with van der Waals surface area (Å²) in [6.45, 7) is 3.39. The summed E-state index contributed by atoms with van der Waals surface area (Å²) in [5.74, 6) is -15.6. The van der Waals surface area contributed by atoms with Gasteiger partial charge in [-0.05, 0) is 95.3 Å². The normalized spacial score (nSPS) is 22.4. The molecule has 2 aliphatic heterocycles. The van der Waals surface area contributed by atoms with E-state index in [9.17, 15) is 0 Å². The third kappa shape index (κ3) is 5.24. The average Bonchev–Trinajstić information content (AvgIpc) is 3.98. The number of halogens is 6. The number of anilines is 2. The molecule has 0 radical (unpaired) electrons. The van der Waals surface area contributed by atoms with Crippen molar-refractivity contribution < 1.29 is 30.8 Å². The van der Waals surface area contributed by atoms with Crippen molar-refractivity contribution in [3.8, 4) is 45.2 Å². The van der Waals surface area contributed by atoms with Gasteiger partial charge in [-0.1, -0.05) is 103 Å². The molecule has 302 valence electrons. The number of rotatable bonds is 6. The molecule has 6 aromatic carbocycles. The Morgan fingerprint density at radius 1 is 0.459 bits per heavy atom. The Balaban J connectivity index is 0.996. The minimum Gasteiger partial charge on any atom is -0.416 e. The van der Waals surface area contributed by atoms with Crippen LogP contribution in [0.25, 0.3) is 56.3 Å². The quantitative estimate of drug-likeness (QED) is 0.168. The number of allylic oxidation sites excluding steroid dienone is 2. The van der Waals surface area contributed by atoms with Gasteiger partial charge in [0.15, 0.2) is 0 Å². The van der Waals surface area contributed by atoms with Crippen molar-refractivity contribution in [1.82, 2.24) is 10.2 Å². The zero-order valence-electron chi connectivity index (χ0n) is 32.2. The van der Waals surface area contributed by atoms with Crippen molar-refractivity contribution in [2.45, 2.75) is 50.9 Å². The molecule has 0 saturated heterocycles. The fraction of sp³-hybridized carbons (Fsp3) is 0.143. The second-order valence-corrected chi connectivity index (χ2v) is 18.7. The van der Waals surface area contributed by atoms with E-state index in [0.29, 0.717) is 26.6 Å². The molecule has 1 saturated carbocycles. The Morgan fingerprint density at radius 2 is 0.934 bits per heavy atom. The van der Waals surface area contributed by atoms with E-state index in [2.05, 4.69) is 15.5 Å². The predicted molar refractivity (Wildman–Crippen MR) is 229 cm³/mol. The first-order valence-electron chi connectivity index (χ1n) is 19.5. The van der Waals surface area contributed by atoms with Crippen LogP contribution in [0.1, 0.15) is 25.0 Å². The number of nitrogens with zero attached hydrogens (tertiary/aromatic N) is 2. The van der Waals surface area contributed by atoms with Crippen LogP contribution in [0, 0.1) is 0 Å². The molecule has 1 aromatic heterocycles. The monoisotopic (exact) mass is 855 g/mol. The van der Waals surface area contributed by atoms with E-state index in [-0.39, 0.29) is 34.1 Å². The van der Waals surface area contributed by atoms with E-state index < -0.39 is 38.4 Å². The van der Waals surface area contributed by atoms with Crippen molar-refractivity contribution in [3.63, 3.8) is 0 Å². The molecule has 1 N–H and O–H groups in total. The van der Waals surface area contributed by atoms with Gasteiger partial charge < -0.3 is 9.73 Å². The molecular formula is C49H31F6N3OS2. The van der Waals surface area contributed by atoms with Crippen molar-refractivity contribution in [2.24, 2.45) is 0 Å². The third-order valence-electron chi connectivity index (χ3n) is 12.4. The van der Waals surface area contributed by atoms with Crippen LogP contribution < -0.4 is 5.32 Å². The van der Waals surface area contributed by atoms with Gasteiger partial charge in [-0.3, -0.25) is 0 Å². The highest BCUT2D eigenvalue weighted by atomic mass is 32.2. The van der Waals surface area contributed by atoms with E-state index in [1.165, 1.54) is 29.6 Å². The van der Waals surface area contributed by atoms with Gasteiger partial charge in [0, 0.05) is 49.0 Å². The molecule has 2 unspecified atom stereocenters. The lowest BCUT2D eigenvalue weighted by Crippen LogP contribution is -2.47. The molecule has 1 fully saturated rings. The van der Waals surface area contributed by atoms with Gasteiger partial charge >= 0.3 is 17.8 Å². The van der Waals surface area contributed by atoms with E-state index in [0.717, 1.165) is 27.9 Å². The van der Waals surface area contributed by atoms with E-state index in [4.69, 9.17) is 4.42 Å².